The Hall–Kier alpha value is -1.31. The van der Waals surface area contributed by atoms with Gasteiger partial charge in [-0.05, 0) is 37.5 Å². The van der Waals surface area contributed by atoms with Gasteiger partial charge in [0.05, 0.1) is 6.20 Å². The second-order valence-corrected chi connectivity index (χ2v) is 3.20. The molecule has 0 N–H and O–H groups in total. The second-order valence-electron chi connectivity index (χ2n) is 3.20. The Labute approximate surface area is 78.3 Å². The van der Waals surface area contributed by atoms with Gasteiger partial charge in [-0.3, -0.25) is 4.98 Å². The third kappa shape index (κ3) is 2.31. The minimum Gasteiger partial charge on any atom is -0.485 e. The summed E-state index contributed by atoms with van der Waals surface area (Å²) >= 11 is 0. The predicted octanol–water partition coefficient (Wildman–Crippen LogP) is 2.57. The van der Waals surface area contributed by atoms with Crippen molar-refractivity contribution in [3.8, 4) is 5.75 Å². The summed E-state index contributed by atoms with van der Waals surface area (Å²) in [5, 5.41) is 0. The van der Waals surface area contributed by atoms with Crippen molar-refractivity contribution in [2.24, 2.45) is 0 Å². The number of nitrogens with zero attached hydrogens (tertiary/aromatic N) is 1. The van der Waals surface area contributed by atoms with Gasteiger partial charge in [0.2, 0.25) is 0 Å². The van der Waals surface area contributed by atoms with E-state index in [2.05, 4.69) is 17.1 Å². The Morgan fingerprint density at radius 3 is 3.15 bits per heavy atom. The monoisotopic (exact) mass is 175 g/mol. The predicted molar refractivity (Wildman–Crippen MR) is 51.6 cm³/mol. The summed E-state index contributed by atoms with van der Waals surface area (Å²) < 4.78 is 5.71. The van der Waals surface area contributed by atoms with E-state index in [9.17, 15) is 0 Å². The molecule has 1 aliphatic carbocycles. The molecule has 0 aromatic carbocycles. The van der Waals surface area contributed by atoms with Crippen molar-refractivity contribution in [1.82, 2.24) is 4.98 Å². The van der Waals surface area contributed by atoms with Crippen LogP contribution in [0.2, 0.25) is 0 Å². The van der Waals surface area contributed by atoms with E-state index in [4.69, 9.17) is 4.74 Å². The van der Waals surface area contributed by atoms with Crippen LogP contribution >= 0.6 is 0 Å². The second kappa shape index (κ2) is 4.08. The number of aromatic nitrogens is 1. The van der Waals surface area contributed by atoms with Crippen LogP contribution in [0, 0.1) is 0 Å². The topological polar surface area (TPSA) is 22.1 Å². The highest BCUT2D eigenvalue weighted by Crippen LogP contribution is 2.17. The maximum absolute atomic E-state index is 5.71. The standard InChI is InChI=1S/C11H13NO/c1-2-5-10(6-3-1)13-11-7-4-8-12-9-11/h2,4-5,7-10H,1,3,6H2/t10-/m0/s1. The van der Waals surface area contributed by atoms with E-state index in [1.165, 1.54) is 12.8 Å². The zero-order valence-corrected chi connectivity index (χ0v) is 7.52. The molecule has 68 valence electrons. The van der Waals surface area contributed by atoms with E-state index in [1.54, 1.807) is 12.4 Å². The Kier molecular flexibility index (Phi) is 2.60. The molecule has 0 bridgehead atoms. The van der Waals surface area contributed by atoms with Crippen LogP contribution in [-0.4, -0.2) is 11.1 Å². The summed E-state index contributed by atoms with van der Waals surface area (Å²) in [5.41, 5.74) is 0. The van der Waals surface area contributed by atoms with Gasteiger partial charge in [-0.15, -0.1) is 0 Å². The molecule has 0 fully saturated rings. The van der Waals surface area contributed by atoms with Gasteiger partial charge in [-0.2, -0.15) is 0 Å². The molecule has 0 spiro atoms. The summed E-state index contributed by atoms with van der Waals surface area (Å²) in [4.78, 5) is 4.00. The van der Waals surface area contributed by atoms with Gasteiger partial charge in [-0.1, -0.05) is 6.08 Å². The number of hydrogen-bond donors (Lipinski definition) is 0. The molecule has 0 saturated carbocycles. The SMILES string of the molecule is C1=C[C@H](Oc2cccnc2)CCC1. The molecule has 1 aliphatic rings. The number of pyridine rings is 1. The van der Waals surface area contributed by atoms with Gasteiger partial charge in [-0.25, -0.2) is 0 Å². The minimum atomic E-state index is 0.248. The summed E-state index contributed by atoms with van der Waals surface area (Å²) in [6, 6.07) is 3.83. The fourth-order valence-electron chi connectivity index (χ4n) is 1.47. The van der Waals surface area contributed by atoms with Gasteiger partial charge < -0.3 is 4.74 Å². The van der Waals surface area contributed by atoms with Crippen LogP contribution in [0.3, 0.4) is 0 Å². The van der Waals surface area contributed by atoms with E-state index in [-0.39, 0.29) is 6.10 Å². The molecular formula is C11H13NO. The largest absolute Gasteiger partial charge is 0.485 e. The first-order valence-electron chi connectivity index (χ1n) is 4.68. The highest BCUT2D eigenvalue weighted by molar-refractivity contribution is 5.17. The van der Waals surface area contributed by atoms with Crippen LogP contribution in [0.4, 0.5) is 0 Å². The van der Waals surface area contributed by atoms with Crippen molar-refractivity contribution in [3.05, 3.63) is 36.7 Å². The van der Waals surface area contributed by atoms with Crippen LogP contribution in [0.25, 0.3) is 0 Å². The number of hydrogen-bond acceptors (Lipinski definition) is 2. The van der Waals surface area contributed by atoms with Crippen LogP contribution in [-0.2, 0) is 0 Å². The summed E-state index contributed by atoms with van der Waals surface area (Å²) in [6.07, 6.45) is 11.6. The number of ether oxygens (including phenoxy) is 1. The molecule has 0 radical (unpaired) electrons. The van der Waals surface area contributed by atoms with Crippen LogP contribution in [0.1, 0.15) is 19.3 Å². The fraction of sp³-hybridized carbons (Fsp3) is 0.364. The number of rotatable bonds is 2. The molecule has 2 nitrogen and oxygen atoms in total. The quantitative estimate of drug-likeness (QED) is 0.644. The summed E-state index contributed by atoms with van der Waals surface area (Å²) in [7, 11) is 0. The molecule has 2 heteroatoms. The average molecular weight is 175 g/mol. The molecule has 1 heterocycles. The first-order chi connectivity index (χ1) is 6.45. The van der Waals surface area contributed by atoms with Crippen molar-refractivity contribution in [3.63, 3.8) is 0 Å². The molecule has 2 rings (SSSR count). The lowest BCUT2D eigenvalue weighted by atomic mass is 10.1. The smallest absolute Gasteiger partial charge is 0.138 e. The maximum atomic E-state index is 5.71. The van der Waals surface area contributed by atoms with Crippen LogP contribution < -0.4 is 4.74 Å². The first-order valence-corrected chi connectivity index (χ1v) is 4.68. The van der Waals surface area contributed by atoms with E-state index >= 15 is 0 Å². The van der Waals surface area contributed by atoms with Gasteiger partial charge in [0.1, 0.15) is 11.9 Å². The van der Waals surface area contributed by atoms with Crippen molar-refractivity contribution in [1.29, 1.82) is 0 Å². The van der Waals surface area contributed by atoms with Crippen molar-refractivity contribution < 1.29 is 4.74 Å². The fourth-order valence-corrected chi connectivity index (χ4v) is 1.47. The van der Waals surface area contributed by atoms with Crippen molar-refractivity contribution in [2.75, 3.05) is 0 Å². The Morgan fingerprint density at radius 2 is 2.46 bits per heavy atom. The first kappa shape index (κ1) is 8.30. The zero-order chi connectivity index (χ0) is 8.93. The third-order valence-corrected chi connectivity index (χ3v) is 2.13. The maximum Gasteiger partial charge on any atom is 0.138 e. The molecule has 0 unspecified atom stereocenters. The highest BCUT2D eigenvalue weighted by atomic mass is 16.5. The van der Waals surface area contributed by atoms with E-state index in [1.807, 2.05) is 12.1 Å². The lowest BCUT2D eigenvalue weighted by Gasteiger charge is -2.17. The Balaban J connectivity index is 1.98. The molecule has 1 atom stereocenters. The van der Waals surface area contributed by atoms with Gasteiger partial charge >= 0.3 is 0 Å². The molecule has 1 aromatic heterocycles. The third-order valence-electron chi connectivity index (χ3n) is 2.13. The van der Waals surface area contributed by atoms with Gasteiger partial charge in [0.25, 0.3) is 0 Å². The van der Waals surface area contributed by atoms with Gasteiger partial charge in [0, 0.05) is 6.20 Å². The number of allylic oxidation sites excluding steroid dienone is 1. The lowest BCUT2D eigenvalue weighted by Crippen LogP contribution is -2.15. The van der Waals surface area contributed by atoms with E-state index < -0.39 is 0 Å². The molecule has 0 saturated heterocycles. The van der Waals surface area contributed by atoms with E-state index in [0.717, 1.165) is 12.2 Å². The Morgan fingerprint density at radius 1 is 1.46 bits per heavy atom. The summed E-state index contributed by atoms with van der Waals surface area (Å²) in [6.45, 7) is 0. The highest BCUT2D eigenvalue weighted by Gasteiger charge is 2.08. The summed E-state index contributed by atoms with van der Waals surface area (Å²) in [5.74, 6) is 0.860. The zero-order valence-electron chi connectivity index (χ0n) is 7.52. The minimum absolute atomic E-state index is 0.248. The van der Waals surface area contributed by atoms with Crippen molar-refractivity contribution >= 4 is 0 Å². The van der Waals surface area contributed by atoms with Crippen LogP contribution in [0.5, 0.6) is 5.75 Å². The molecule has 0 amide bonds. The van der Waals surface area contributed by atoms with Gasteiger partial charge in [0.15, 0.2) is 0 Å². The molecule has 1 aromatic rings. The average Bonchev–Trinajstić information content (AvgIpc) is 2.21. The normalized spacial score (nSPS) is 21.4. The van der Waals surface area contributed by atoms with Crippen molar-refractivity contribution in [2.45, 2.75) is 25.4 Å². The molecular weight excluding hydrogens is 162 g/mol. The molecule has 13 heavy (non-hydrogen) atoms. The van der Waals surface area contributed by atoms with E-state index in [0.29, 0.717) is 0 Å². The Bertz CT molecular complexity index is 281. The lowest BCUT2D eigenvalue weighted by molar-refractivity contribution is 0.229. The van der Waals surface area contributed by atoms with Crippen LogP contribution in [0.15, 0.2) is 36.7 Å². The molecule has 0 aliphatic heterocycles.